The topological polar surface area (TPSA) is 227 Å². The molecular formula is C48H43F4N3O14. The number of phenols is 2. The molecule has 5 aromatic rings. The number of phenolic OH excluding ortho intramolecular Hbond substituents is 2. The van der Waals surface area contributed by atoms with Crippen molar-refractivity contribution in [1.82, 2.24) is 10.6 Å². The standard InChI is InChI=1S/C48H43F4N3O14/c1-2-66-47(62)54-12-4-14-64-16-18-65-17-15-63-13-3-11-53-43(58)27-19-28(45(60)68-42-40(51)36(49)25-37(50)41(42)52)21-29(20-27)55-44(59)26-5-8-33-32(22-26)46(61)69-48(33)34-9-6-30(56)23-38(34)67-39-24-31(57)7-10-35(39)48/h5-10,19-25,56-57H,2-4,11-18H2,1H3,(H,53,58)(H,54,62)(H,55,59). The Kier molecular flexibility index (Phi) is 15.6. The Hall–Kier alpha value is -7.75. The van der Waals surface area contributed by atoms with Crippen LogP contribution >= 0.6 is 0 Å². The van der Waals surface area contributed by atoms with Gasteiger partial charge in [0, 0.05) is 78.0 Å². The highest BCUT2D eigenvalue weighted by Crippen LogP contribution is 2.57. The molecule has 5 aromatic carbocycles. The van der Waals surface area contributed by atoms with E-state index in [2.05, 4.69) is 16.0 Å². The van der Waals surface area contributed by atoms with Gasteiger partial charge in [-0.3, -0.25) is 9.59 Å². The fraction of sp³-hybridized carbons (Fsp3) is 0.271. The van der Waals surface area contributed by atoms with Crippen molar-refractivity contribution in [2.45, 2.75) is 25.4 Å². The number of carbonyl (C=O) groups excluding carboxylic acids is 5. The maximum absolute atomic E-state index is 14.5. The number of alkyl carbamates (subject to hydrolysis) is 1. The van der Waals surface area contributed by atoms with E-state index in [9.17, 15) is 51.7 Å². The zero-order valence-electron chi connectivity index (χ0n) is 36.6. The second-order valence-electron chi connectivity index (χ2n) is 15.2. The lowest BCUT2D eigenvalue weighted by Gasteiger charge is -2.36. The third-order valence-corrected chi connectivity index (χ3v) is 10.5. The summed E-state index contributed by atoms with van der Waals surface area (Å²) in [5.74, 6) is -13.5. The molecule has 2 heterocycles. The summed E-state index contributed by atoms with van der Waals surface area (Å²) >= 11 is 0. The van der Waals surface area contributed by atoms with E-state index >= 15 is 0 Å². The van der Waals surface area contributed by atoms with Crippen molar-refractivity contribution in [2.24, 2.45) is 0 Å². The van der Waals surface area contributed by atoms with Gasteiger partial charge in [-0.1, -0.05) is 6.07 Å². The van der Waals surface area contributed by atoms with Crippen LogP contribution in [0.4, 0.5) is 28.0 Å². The number of nitrogens with one attached hydrogen (secondary N) is 3. The van der Waals surface area contributed by atoms with Crippen LogP contribution in [0, 0.1) is 23.3 Å². The largest absolute Gasteiger partial charge is 0.508 e. The van der Waals surface area contributed by atoms with Gasteiger partial charge in [-0.2, -0.15) is 8.78 Å². The number of ether oxygens (including phenoxy) is 7. The number of hydrogen-bond acceptors (Lipinski definition) is 14. The Morgan fingerprint density at radius 3 is 1.81 bits per heavy atom. The fourth-order valence-electron chi connectivity index (χ4n) is 7.36. The summed E-state index contributed by atoms with van der Waals surface area (Å²) in [6.07, 6.45) is 0.431. The minimum absolute atomic E-state index is 0.0392. The second kappa shape index (κ2) is 21.9. The normalized spacial score (nSPS) is 12.8. The molecule has 0 fully saturated rings. The Labute approximate surface area is 390 Å². The maximum Gasteiger partial charge on any atom is 0.407 e. The van der Waals surface area contributed by atoms with Crippen molar-refractivity contribution in [2.75, 3.05) is 64.7 Å². The van der Waals surface area contributed by atoms with E-state index in [0.29, 0.717) is 55.9 Å². The quantitative estimate of drug-likeness (QED) is 0.0174. The third kappa shape index (κ3) is 11.2. The van der Waals surface area contributed by atoms with Crippen LogP contribution in [0.5, 0.6) is 28.7 Å². The van der Waals surface area contributed by atoms with Crippen LogP contribution in [-0.2, 0) is 29.3 Å². The van der Waals surface area contributed by atoms with E-state index in [1.54, 1.807) is 6.92 Å². The summed E-state index contributed by atoms with van der Waals surface area (Å²) in [6.45, 7) is 4.24. The predicted octanol–water partition coefficient (Wildman–Crippen LogP) is 7.00. The molecule has 2 aliphatic rings. The minimum Gasteiger partial charge on any atom is -0.508 e. The molecule has 0 radical (unpaired) electrons. The molecule has 0 saturated heterocycles. The van der Waals surface area contributed by atoms with Crippen molar-refractivity contribution in [3.63, 3.8) is 0 Å². The van der Waals surface area contributed by atoms with E-state index in [-0.39, 0.29) is 84.4 Å². The Bertz CT molecular complexity index is 2710. The van der Waals surface area contributed by atoms with Gasteiger partial charge in [-0.05, 0) is 74.4 Å². The number of benzene rings is 5. The molecule has 69 heavy (non-hydrogen) atoms. The van der Waals surface area contributed by atoms with Crippen LogP contribution in [0.2, 0.25) is 0 Å². The molecule has 0 unspecified atom stereocenters. The number of fused-ring (bicyclic) bond motifs is 6. The van der Waals surface area contributed by atoms with Crippen LogP contribution in [0.3, 0.4) is 0 Å². The van der Waals surface area contributed by atoms with Crippen LogP contribution in [0.15, 0.2) is 78.9 Å². The first-order chi connectivity index (χ1) is 33.2. The van der Waals surface area contributed by atoms with Crippen LogP contribution in [0.25, 0.3) is 0 Å². The molecule has 0 aliphatic carbocycles. The van der Waals surface area contributed by atoms with Gasteiger partial charge in [-0.15, -0.1) is 0 Å². The molecule has 3 amide bonds. The van der Waals surface area contributed by atoms with Crippen molar-refractivity contribution in [3.05, 3.63) is 141 Å². The second-order valence-corrected chi connectivity index (χ2v) is 15.2. The monoisotopic (exact) mass is 961 g/mol. The van der Waals surface area contributed by atoms with Crippen LogP contribution < -0.4 is 25.4 Å². The first-order valence-corrected chi connectivity index (χ1v) is 21.4. The van der Waals surface area contributed by atoms with Crippen molar-refractivity contribution >= 4 is 35.5 Å². The van der Waals surface area contributed by atoms with E-state index in [1.165, 1.54) is 60.7 Å². The number of anilines is 1. The van der Waals surface area contributed by atoms with Gasteiger partial charge in [0.05, 0.1) is 44.2 Å². The average Bonchev–Trinajstić information content (AvgIpc) is 3.61. The van der Waals surface area contributed by atoms with Gasteiger partial charge in [0.25, 0.3) is 11.8 Å². The van der Waals surface area contributed by atoms with E-state index in [4.69, 9.17) is 33.2 Å². The summed E-state index contributed by atoms with van der Waals surface area (Å²) in [5, 5.41) is 28.2. The lowest BCUT2D eigenvalue weighted by Crippen LogP contribution is -2.32. The third-order valence-electron chi connectivity index (χ3n) is 10.5. The number of rotatable bonds is 20. The van der Waals surface area contributed by atoms with Crippen molar-refractivity contribution in [3.8, 4) is 28.7 Å². The average molecular weight is 962 g/mol. The highest BCUT2D eigenvalue weighted by molar-refractivity contribution is 6.08. The summed E-state index contributed by atoms with van der Waals surface area (Å²) in [5.41, 5.74) is -1.87. The van der Waals surface area contributed by atoms with Crippen LogP contribution in [-0.4, -0.2) is 99.4 Å². The molecular weight excluding hydrogens is 919 g/mol. The van der Waals surface area contributed by atoms with Gasteiger partial charge >= 0.3 is 18.0 Å². The predicted molar refractivity (Wildman–Crippen MR) is 233 cm³/mol. The number of halogens is 4. The molecule has 0 bridgehead atoms. The molecule has 5 N–H and O–H groups in total. The molecule has 0 saturated carbocycles. The van der Waals surface area contributed by atoms with Crippen LogP contribution in [0.1, 0.15) is 77.9 Å². The Morgan fingerprint density at radius 1 is 0.638 bits per heavy atom. The molecule has 362 valence electrons. The van der Waals surface area contributed by atoms with Gasteiger partial charge in [0.2, 0.25) is 17.4 Å². The zero-order valence-corrected chi connectivity index (χ0v) is 36.6. The SMILES string of the molecule is CCOC(=O)NCCCOCCOCCOCCCNC(=O)c1cc(NC(=O)c2ccc3c(c2)C(=O)OC32c3ccc(O)cc3Oc3cc(O)ccc32)cc(C(=O)Oc2c(F)c(F)cc(F)c2F)c1. The molecule has 1 spiro atoms. The number of hydrogen-bond donors (Lipinski definition) is 5. The fourth-order valence-corrected chi connectivity index (χ4v) is 7.36. The summed E-state index contributed by atoms with van der Waals surface area (Å²) in [7, 11) is 0. The lowest BCUT2D eigenvalue weighted by molar-refractivity contribution is 0.0138. The minimum atomic E-state index is -2.00. The van der Waals surface area contributed by atoms with Gasteiger partial charge < -0.3 is 59.3 Å². The lowest BCUT2D eigenvalue weighted by atomic mass is 9.77. The van der Waals surface area contributed by atoms with E-state index in [0.717, 1.165) is 12.1 Å². The first-order valence-electron chi connectivity index (χ1n) is 21.4. The van der Waals surface area contributed by atoms with E-state index < -0.39 is 70.0 Å². The number of aromatic hydroxyl groups is 2. The molecule has 21 heteroatoms. The van der Waals surface area contributed by atoms with E-state index in [1.807, 2.05) is 0 Å². The van der Waals surface area contributed by atoms with Gasteiger partial charge in [0.1, 0.15) is 23.0 Å². The Morgan fingerprint density at radius 2 is 1.20 bits per heavy atom. The van der Waals surface area contributed by atoms with Crippen molar-refractivity contribution < 1.29 is 84.9 Å². The summed E-state index contributed by atoms with van der Waals surface area (Å²) < 4.78 is 94.9. The van der Waals surface area contributed by atoms with Gasteiger partial charge in [-0.25, -0.2) is 23.2 Å². The molecule has 2 aliphatic heterocycles. The summed E-state index contributed by atoms with van der Waals surface area (Å²) in [6, 6.07) is 15.5. The number of carbonyl (C=O) groups is 5. The summed E-state index contributed by atoms with van der Waals surface area (Å²) in [4.78, 5) is 65.5. The molecule has 17 nitrogen and oxygen atoms in total. The molecule has 0 aromatic heterocycles. The zero-order chi connectivity index (χ0) is 49.2. The highest BCUT2D eigenvalue weighted by atomic mass is 19.2. The molecule has 7 rings (SSSR count). The first kappa shape index (κ1) is 49.2. The molecule has 0 atom stereocenters. The Balaban J connectivity index is 1.01. The van der Waals surface area contributed by atoms with Gasteiger partial charge in [0.15, 0.2) is 17.2 Å². The van der Waals surface area contributed by atoms with Crippen molar-refractivity contribution in [1.29, 1.82) is 0 Å². The smallest absolute Gasteiger partial charge is 0.407 e. The highest BCUT2D eigenvalue weighted by Gasteiger charge is 2.54. The number of esters is 2. The number of amides is 3. The maximum atomic E-state index is 14.5.